The van der Waals surface area contributed by atoms with Crippen molar-refractivity contribution in [2.24, 2.45) is 0 Å². The van der Waals surface area contributed by atoms with E-state index in [-0.39, 0.29) is 35.2 Å². The van der Waals surface area contributed by atoms with Gasteiger partial charge >= 0.3 is 6.18 Å². The van der Waals surface area contributed by atoms with Crippen LogP contribution in [0.25, 0.3) is 0 Å². The first kappa shape index (κ1) is 33.7. The molecule has 2 atom stereocenters. The lowest BCUT2D eigenvalue weighted by molar-refractivity contribution is -0.536. The minimum atomic E-state index is -4.56. The van der Waals surface area contributed by atoms with Crippen molar-refractivity contribution < 1.29 is 27.3 Å². The molecule has 3 aliphatic rings. The van der Waals surface area contributed by atoms with Crippen LogP contribution in [0.1, 0.15) is 91.0 Å². The summed E-state index contributed by atoms with van der Waals surface area (Å²) in [6.07, 6.45) is 4.90. The van der Waals surface area contributed by atoms with E-state index < -0.39 is 17.6 Å². The fourth-order valence-electron chi connectivity index (χ4n) is 7.11. The number of benzene rings is 2. The van der Waals surface area contributed by atoms with Gasteiger partial charge in [0, 0.05) is 35.5 Å². The van der Waals surface area contributed by atoms with E-state index in [4.69, 9.17) is 4.74 Å². The molecule has 0 saturated carbocycles. The Morgan fingerprint density at radius 1 is 1.17 bits per heavy atom. The summed E-state index contributed by atoms with van der Waals surface area (Å²) in [5.74, 6) is -0.393. The van der Waals surface area contributed by atoms with E-state index in [9.17, 15) is 18.0 Å². The van der Waals surface area contributed by atoms with Crippen LogP contribution >= 0.6 is 0 Å². The lowest BCUT2D eigenvalue weighted by atomic mass is 9.73. The van der Waals surface area contributed by atoms with Crippen molar-refractivity contribution in [3.63, 3.8) is 0 Å². The number of nitrogens with zero attached hydrogens (tertiary/aromatic N) is 3. The molecule has 8 heteroatoms. The second-order valence-electron chi connectivity index (χ2n) is 13.0. The number of allylic oxidation sites excluding steroid dienone is 1. The maximum atomic E-state index is 14.4. The molecule has 3 aliphatic heterocycles. The molecule has 1 amide bonds. The highest BCUT2D eigenvalue weighted by Gasteiger charge is 2.45. The molecule has 2 fully saturated rings. The number of ether oxygens (including phenoxy) is 1. The predicted octanol–water partition coefficient (Wildman–Crippen LogP) is 8.01. The van der Waals surface area contributed by atoms with E-state index in [1.807, 2.05) is 37.3 Å². The topological polar surface area (TPSA) is 35.8 Å². The van der Waals surface area contributed by atoms with Crippen LogP contribution in [0.2, 0.25) is 0 Å². The monoisotopic (exact) mass is 632 g/mol. The number of hydrogen-bond acceptors (Lipinski definition) is 3. The third kappa shape index (κ3) is 6.86. The molecule has 0 N–H and O–H groups in total. The van der Waals surface area contributed by atoms with E-state index in [0.717, 1.165) is 62.8 Å². The number of rotatable bonds is 12. The van der Waals surface area contributed by atoms with Crippen LogP contribution in [0.3, 0.4) is 0 Å². The first-order valence-corrected chi connectivity index (χ1v) is 16.3. The van der Waals surface area contributed by atoms with Gasteiger partial charge in [0.05, 0.1) is 30.9 Å². The van der Waals surface area contributed by atoms with Gasteiger partial charge in [-0.15, -0.1) is 11.5 Å². The third-order valence-electron chi connectivity index (χ3n) is 9.91. The highest BCUT2D eigenvalue weighted by atomic mass is 19.4. The summed E-state index contributed by atoms with van der Waals surface area (Å²) in [5, 5.41) is 0. The smallest absolute Gasteiger partial charge is 0.379 e. The second-order valence-corrected chi connectivity index (χ2v) is 13.0. The molecule has 2 aromatic rings. The van der Waals surface area contributed by atoms with Crippen LogP contribution in [0.5, 0.6) is 0 Å². The number of halogens is 3. The fraction of sp³-hybridized carbons (Fsp3) is 0.474. The van der Waals surface area contributed by atoms with Crippen molar-refractivity contribution >= 4 is 17.8 Å². The molecule has 46 heavy (non-hydrogen) atoms. The first-order valence-electron chi connectivity index (χ1n) is 16.3. The van der Waals surface area contributed by atoms with Crippen molar-refractivity contribution in [2.75, 3.05) is 38.3 Å². The zero-order valence-corrected chi connectivity index (χ0v) is 27.3. The molecular formula is C38H45F3N3O2+. The fourth-order valence-corrected chi connectivity index (χ4v) is 7.11. The summed E-state index contributed by atoms with van der Waals surface area (Å²) >= 11 is 0. The van der Waals surface area contributed by atoms with Crippen LogP contribution in [0, 0.1) is 0 Å². The Morgan fingerprint density at radius 3 is 2.52 bits per heavy atom. The third-order valence-corrected chi connectivity index (χ3v) is 9.91. The number of fused-ring (bicyclic) bond motifs is 1. The lowest BCUT2D eigenvalue weighted by Gasteiger charge is -2.43. The number of amides is 1. The molecule has 2 aromatic carbocycles. The Kier molecular flexibility index (Phi) is 10.2. The molecule has 5 nitrogen and oxygen atoms in total. The summed E-state index contributed by atoms with van der Waals surface area (Å²) in [4.78, 5) is 17.5. The van der Waals surface area contributed by atoms with Crippen molar-refractivity contribution in [1.29, 1.82) is 0 Å². The minimum absolute atomic E-state index is 0.0496. The summed E-state index contributed by atoms with van der Waals surface area (Å²) in [6.45, 7) is 14.3. The number of carbonyl (C=O) groups excluding carboxylic acids is 1. The van der Waals surface area contributed by atoms with Crippen LogP contribution in [0.15, 0.2) is 72.7 Å². The summed E-state index contributed by atoms with van der Waals surface area (Å²) in [7, 11) is 2.05. The molecule has 0 radical (unpaired) electrons. The number of alkyl halides is 3. The Bertz CT molecular complexity index is 1590. The standard InChI is InChI=1S/C38H45F3N3O2/c1-6-9-15-32(42(5)23-28(8-3)13-7-2)22-37(25-46-26-37)30-14-12-16-31(21-30)44-24-34-33(36(44)45)19-29(20-35(34)38(39,40)41)27(4)43-17-10-11-18-43/h9,12,14,16,19-21,23,27,32H,1,3,7,10-11,13,15,17-18,22,24-26H2,2,4-5H3/q+1/t27-,32?/m0/s1. The zero-order chi connectivity index (χ0) is 33.1. The van der Waals surface area contributed by atoms with Gasteiger partial charge < -0.3 is 9.64 Å². The maximum Gasteiger partial charge on any atom is 0.416 e. The number of carbonyl (C=O) groups is 1. The molecule has 0 spiro atoms. The first-order chi connectivity index (χ1) is 22.0. The van der Waals surface area contributed by atoms with Gasteiger partial charge in [0.15, 0.2) is 12.3 Å². The van der Waals surface area contributed by atoms with Gasteiger partial charge in [0.25, 0.3) is 5.91 Å². The number of likely N-dealkylation sites (tertiary alicyclic amines) is 1. The molecule has 0 aliphatic carbocycles. The summed E-state index contributed by atoms with van der Waals surface area (Å²) in [6, 6.07) is 10.6. The normalized spacial score (nSPS) is 19.2. The minimum Gasteiger partial charge on any atom is -0.379 e. The summed E-state index contributed by atoms with van der Waals surface area (Å²) in [5.41, 5.74) is 8.30. The highest BCUT2D eigenvalue weighted by molar-refractivity contribution is 6.10. The van der Waals surface area contributed by atoms with Gasteiger partial charge in [-0.1, -0.05) is 38.6 Å². The van der Waals surface area contributed by atoms with Crippen molar-refractivity contribution in [3.8, 4) is 0 Å². The van der Waals surface area contributed by atoms with Crippen LogP contribution in [0.4, 0.5) is 18.9 Å². The quantitative estimate of drug-likeness (QED) is 0.135. The zero-order valence-electron chi connectivity index (χ0n) is 27.3. The van der Waals surface area contributed by atoms with E-state index >= 15 is 0 Å². The Labute approximate surface area is 271 Å². The molecule has 1 unspecified atom stereocenters. The second kappa shape index (κ2) is 14.0. The molecule has 244 valence electrons. The SMILES string of the molecule is C=C=CCC(CC1(c2cccc(N3Cc4c(cc([C@H](C)N5CCCC5)cc4C(F)(F)F)C3=O)c2)COC1)[N+](C)=CC(=C=C)CCC. The van der Waals surface area contributed by atoms with Gasteiger partial charge in [-0.25, -0.2) is 4.58 Å². The predicted molar refractivity (Wildman–Crippen MR) is 177 cm³/mol. The molecule has 5 rings (SSSR count). The van der Waals surface area contributed by atoms with Gasteiger partial charge in [-0.3, -0.25) is 9.69 Å². The Hall–Kier alpha value is -3.67. The van der Waals surface area contributed by atoms with Gasteiger partial charge in [-0.2, -0.15) is 13.2 Å². The largest absolute Gasteiger partial charge is 0.416 e. The molecule has 2 saturated heterocycles. The molecule has 0 aromatic heterocycles. The van der Waals surface area contributed by atoms with Crippen molar-refractivity contribution in [3.05, 3.63) is 100 Å². The van der Waals surface area contributed by atoms with Gasteiger partial charge in [-0.05, 0) is 86.3 Å². The number of hydrogen-bond donors (Lipinski definition) is 0. The van der Waals surface area contributed by atoms with Gasteiger partial charge in [0.1, 0.15) is 7.05 Å². The molecular weight excluding hydrogens is 587 g/mol. The molecule has 3 heterocycles. The molecule has 0 bridgehead atoms. The maximum absolute atomic E-state index is 14.4. The van der Waals surface area contributed by atoms with E-state index in [0.29, 0.717) is 24.5 Å². The van der Waals surface area contributed by atoms with Gasteiger partial charge in [0.2, 0.25) is 0 Å². The van der Waals surface area contributed by atoms with Crippen molar-refractivity contribution in [2.45, 2.75) is 82.6 Å². The summed E-state index contributed by atoms with van der Waals surface area (Å²) < 4.78 is 51.3. The Morgan fingerprint density at radius 2 is 1.91 bits per heavy atom. The lowest BCUT2D eigenvalue weighted by Crippen LogP contribution is -2.50. The van der Waals surface area contributed by atoms with E-state index in [1.165, 1.54) is 11.0 Å². The van der Waals surface area contributed by atoms with E-state index in [2.05, 4.69) is 54.3 Å². The van der Waals surface area contributed by atoms with Crippen LogP contribution in [-0.4, -0.2) is 61.0 Å². The Balaban J connectivity index is 1.46. The average molecular weight is 633 g/mol. The highest BCUT2D eigenvalue weighted by Crippen LogP contribution is 2.43. The van der Waals surface area contributed by atoms with E-state index in [1.54, 1.807) is 6.07 Å². The number of anilines is 1. The van der Waals surface area contributed by atoms with Crippen molar-refractivity contribution in [1.82, 2.24) is 4.90 Å². The van der Waals surface area contributed by atoms with Crippen LogP contribution < -0.4 is 4.90 Å². The van der Waals surface area contributed by atoms with Crippen LogP contribution in [-0.2, 0) is 22.9 Å². The average Bonchev–Trinajstić information content (AvgIpc) is 3.67.